The molecule has 82 heavy (non-hydrogen) atoms. The van der Waals surface area contributed by atoms with Crippen LogP contribution >= 0.6 is 0 Å². The Morgan fingerprint density at radius 3 is 0.780 bits per heavy atom. The monoisotopic (exact) mass is 1040 g/mol. The summed E-state index contributed by atoms with van der Waals surface area (Å²) in [5.74, 6) is 0. The lowest BCUT2D eigenvalue weighted by atomic mass is 9.66. The zero-order valence-electron chi connectivity index (χ0n) is 45.2. The van der Waals surface area contributed by atoms with Crippen molar-refractivity contribution < 1.29 is 0 Å². The number of para-hydroxylation sites is 4. The Bertz CT molecular complexity index is 4050. The van der Waals surface area contributed by atoms with Crippen molar-refractivity contribution in [2.75, 3.05) is 9.80 Å². The molecular weight excluding hydrogens is 989 g/mol. The average Bonchev–Trinajstić information content (AvgIpc) is 1.89. The highest BCUT2D eigenvalue weighted by Gasteiger charge is 2.52. The van der Waals surface area contributed by atoms with E-state index in [-0.39, 0.29) is 0 Å². The molecule has 0 atom stereocenters. The minimum absolute atomic E-state index is 0.713. The molecule has 2 heteroatoms. The molecule has 0 unspecified atom stereocenters. The molecule has 0 saturated heterocycles. The molecule has 0 radical (unpaired) electrons. The summed E-state index contributed by atoms with van der Waals surface area (Å²) in [6, 6.07) is 126. The average molecular weight is 1050 g/mol. The van der Waals surface area contributed by atoms with Gasteiger partial charge in [-0.15, -0.1) is 0 Å². The maximum atomic E-state index is 2.59. The van der Waals surface area contributed by atoms with Gasteiger partial charge in [0, 0.05) is 33.9 Å². The van der Waals surface area contributed by atoms with Gasteiger partial charge in [-0.05, 0) is 151 Å². The Kier molecular flexibility index (Phi) is 12.0. The fraction of sp³-hybridized carbons (Fsp3) is 0.0250. The molecule has 0 heterocycles. The third-order valence-corrected chi connectivity index (χ3v) is 17.2. The largest absolute Gasteiger partial charge is 0.310 e. The molecule has 2 nitrogen and oxygen atoms in total. The second-order valence-corrected chi connectivity index (χ2v) is 21.5. The maximum absolute atomic E-state index is 2.59. The molecule has 0 N–H and O–H groups in total. The van der Waals surface area contributed by atoms with Crippen LogP contribution in [0.5, 0.6) is 0 Å². The van der Waals surface area contributed by atoms with Gasteiger partial charge >= 0.3 is 0 Å². The van der Waals surface area contributed by atoms with E-state index >= 15 is 0 Å². The lowest BCUT2D eigenvalue weighted by Crippen LogP contribution is -2.30. The summed E-state index contributed by atoms with van der Waals surface area (Å²) in [6.07, 6.45) is 0. The number of benzene rings is 13. The minimum atomic E-state index is -0.713. The fourth-order valence-corrected chi connectivity index (χ4v) is 13.8. The Labute approximate surface area is 480 Å². The molecule has 0 saturated carbocycles. The molecule has 13 aromatic carbocycles. The van der Waals surface area contributed by atoms with Crippen molar-refractivity contribution in [2.24, 2.45) is 0 Å². The van der Waals surface area contributed by atoms with Crippen molar-refractivity contribution in [1.82, 2.24) is 0 Å². The first kappa shape index (κ1) is 48.6. The SMILES string of the molecule is c1ccc(-c2ccccc2N(c2ccccc2)c2ccc3c(c2)C(c2ccccc2)(c2ccccc2)c2cc4c(cc2-3)C(c2ccccc2)(c2ccccc2)c2cc(N(c3ccccc3)c3ccccc3-c3ccccc3)ccc2-4)cc1. The smallest absolute Gasteiger partial charge is 0.0714 e. The Balaban J connectivity index is 1.02. The summed E-state index contributed by atoms with van der Waals surface area (Å²) in [6.45, 7) is 0. The third kappa shape index (κ3) is 7.71. The second-order valence-electron chi connectivity index (χ2n) is 21.5. The normalized spacial score (nSPS) is 13.1. The third-order valence-electron chi connectivity index (χ3n) is 17.2. The minimum Gasteiger partial charge on any atom is -0.310 e. The second kappa shape index (κ2) is 20.3. The topological polar surface area (TPSA) is 6.48 Å². The van der Waals surface area contributed by atoms with E-state index in [1.807, 2.05) is 0 Å². The highest BCUT2D eigenvalue weighted by Crippen LogP contribution is 2.64. The van der Waals surface area contributed by atoms with Crippen LogP contribution in [0.15, 0.2) is 340 Å². The van der Waals surface area contributed by atoms with Gasteiger partial charge in [-0.25, -0.2) is 0 Å². The van der Waals surface area contributed by atoms with Crippen LogP contribution in [0.1, 0.15) is 44.5 Å². The van der Waals surface area contributed by atoms with Crippen LogP contribution in [0.25, 0.3) is 44.5 Å². The molecule has 0 aliphatic heterocycles. The van der Waals surface area contributed by atoms with Gasteiger partial charge in [0.25, 0.3) is 0 Å². The lowest BCUT2D eigenvalue weighted by molar-refractivity contribution is 0.759. The molecule has 0 amide bonds. The van der Waals surface area contributed by atoms with Gasteiger partial charge in [0.1, 0.15) is 0 Å². The molecule has 0 aromatic heterocycles. The van der Waals surface area contributed by atoms with Crippen molar-refractivity contribution in [3.63, 3.8) is 0 Å². The number of anilines is 6. The molecule has 15 rings (SSSR count). The lowest BCUT2D eigenvalue weighted by Gasteiger charge is -2.36. The maximum Gasteiger partial charge on any atom is 0.0714 e. The molecular formula is C80H56N2. The van der Waals surface area contributed by atoms with E-state index < -0.39 is 10.8 Å². The molecule has 13 aromatic rings. The first-order chi connectivity index (χ1) is 40.7. The molecule has 2 aliphatic carbocycles. The quantitative estimate of drug-likeness (QED) is 0.120. The summed E-state index contributed by atoms with van der Waals surface area (Å²) in [7, 11) is 0. The van der Waals surface area contributed by atoms with E-state index in [1.165, 1.54) is 77.9 Å². The van der Waals surface area contributed by atoms with Crippen molar-refractivity contribution in [1.29, 1.82) is 0 Å². The number of nitrogens with zero attached hydrogens (tertiary/aromatic N) is 2. The van der Waals surface area contributed by atoms with Gasteiger partial charge in [-0.2, -0.15) is 0 Å². The standard InChI is InChI=1S/C80H56N2/c1-9-29-57(30-10-1)67-45-25-27-47-77(67)81(63-41-21-7-22-42-63)65-49-51-69-71-55-76-72(56-75(71)79(73(69)53-65,59-33-13-3-14-34-59)60-35-15-4-16-36-60)70-52-50-66(54-74(70)80(76,61-37-17-5-18-38-61)62-39-19-6-20-40-62)82(64-43-23-8-24-44-64)78-48-28-26-46-68(78)58-31-11-2-12-32-58/h1-56H. The summed E-state index contributed by atoms with van der Waals surface area (Å²) in [5, 5.41) is 0. The van der Waals surface area contributed by atoms with Crippen molar-refractivity contribution in [3.8, 4) is 44.5 Å². The first-order valence-electron chi connectivity index (χ1n) is 28.4. The van der Waals surface area contributed by atoms with Crippen LogP contribution in [0.2, 0.25) is 0 Å². The predicted octanol–water partition coefficient (Wildman–Crippen LogP) is 20.7. The number of fused-ring (bicyclic) bond motifs is 6. The van der Waals surface area contributed by atoms with Gasteiger partial charge in [0.15, 0.2) is 0 Å². The van der Waals surface area contributed by atoms with Crippen LogP contribution in [-0.4, -0.2) is 0 Å². The molecule has 0 spiro atoms. The van der Waals surface area contributed by atoms with Crippen molar-refractivity contribution in [2.45, 2.75) is 10.8 Å². The van der Waals surface area contributed by atoms with E-state index in [2.05, 4.69) is 350 Å². The van der Waals surface area contributed by atoms with E-state index in [9.17, 15) is 0 Å². The Morgan fingerprint density at radius 2 is 0.451 bits per heavy atom. The van der Waals surface area contributed by atoms with Crippen molar-refractivity contribution in [3.05, 3.63) is 384 Å². The van der Waals surface area contributed by atoms with Gasteiger partial charge in [-0.3, -0.25) is 0 Å². The highest BCUT2D eigenvalue weighted by atomic mass is 15.2. The highest BCUT2D eigenvalue weighted by molar-refractivity contribution is 5.98. The fourth-order valence-electron chi connectivity index (χ4n) is 13.8. The number of hydrogen-bond donors (Lipinski definition) is 0. The number of hydrogen-bond acceptors (Lipinski definition) is 2. The first-order valence-corrected chi connectivity index (χ1v) is 28.4. The zero-order valence-corrected chi connectivity index (χ0v) is 45.2. The predicted molar refractivity (Wildman–Crippen MR) is 341 cm³/mol. The van der Waals surface area contributed by atoms with Crippen LogP contribution in [0.4, 0.5) is 34.1 Å². The molecule has 0 fully saturated rings. The molecule has 0 bridgehead atoms. The summed E-state index contributed by atoms with van der Waals surface area (Å²) in [4.78, 5) is 4.90. The van der Waals surface area contributed by atoms with Gasteiger partial charge in [-0.1, -0.05) is 267 Å². The van der Waals surface area contributed by atoms with Crippen LogP contribution in [0.3, 0.4) is 0 Å². The molecule has 386 valence electrons. The van der Waals surface area contributed by atoms with Crippen LogP contribution in [-0.2, 0) is 10.8 Å². The van der Waals surface area contributed by atoms with E-state index in [1.54, 1.807) is 0 Å². The van der Waals surface area contributed by atoms with Gasteiger partial charge in [0.05, 0.1) is 22.2 Å². The number of rotatable bonds is 12. The Hall–Kier alpha value is -10.5. The van der Waals surface area contributed by atoms with E-state index in [0.717, 1.165) is 45.3 Å². The van der Waals surface area contributed by atoms with Gasteiger partial charge in [0.2, 0.25) is 0 Å². The summed E-state index contributed by atoms with van der Waals surface area (Å²) < 4.78 is 0. The van der Waals surface area contributed by atoms with Gasteiger partial charge < -0.3 is 9.80 Å². The summed E-state index contributed by atoms with van der Waals surface area (Å²) in [5.41, 5.74) is 24.6. The van der Waals surface area contributed by atoms with Crippen LogP contribution in [0, 0.1) is 0 Å². The van der Waals surface area contributed by atoms with Crippen LogP contribution < -0.4 is 9.80 Å². The molecule has 2 aliphatic rings. The van der Waals surface area contributed by atoms with E-state index in [0.29, 0.717) is 0 Å². The van der Waals surface area contributed by atoms with Crippen molar-refractivity contribution >= 4 is 34.1 Å². The summed E-state index contributed by atoms with van der Waals surface area (Å²) >= 11 is 0. The Morgan fingerprint density at radius 1 is 0.183 bits per heavy atom. The van der Waals surface area contributed by atoms with E-state index in [4.69, 9.17) is 0 Å². The zero-order chi connectivity index (χ0) is 54.5.